The van der Waals surface area contributed by atoms with Crippen LogP contribution in [0.5, 0.6) is 5.75 Å². The number of rotatable bonds is 7. The first-order valence-corrected chi connectivity index (χ1v) is 13.6. The number of hydrogen-bond acceptors (Lipinski definition) is 4. The van der Waals surface area contributed by atoms with Crippen molar-refractivity contribution in [1.82, 2.24) is 4.90 Å². The summed E-state index contributed by atoms with van der Waals surface area (Å²) in [5.74, 6) is 2.97. The highest BCUT2D eigenvalue weighted by atomic mass is 32.2. The topological polar surface area (TPSA) is 66.9 Å². The van der Waals surface area contributed by atoms with Gasteiger partial charge in [-0.25, -0.2) is 8.42 Å². The number of carbonyl (C=O) groups is 1. The quantitative estimate of drug-likeness (QED) is 0.568. The highest BCUT2D eigenvalue weighted by molar-refractivity contribution is 7.92. The van der Waals surface area contributed by atoms with Crippen LogP contribution in [0.3, 0.4) is 0 Å². The van der Waals surface area contributed by atoms with Gasteiger partial charge >= 0.3 is 0 Å². The molecule has 0 N–H and O–H groups in total. The molecule has 0 spiro atoms. The minimum Gasteiger partial charge on any atom is -0.495 e. The maximum atomic E-state index is 13.2. The van der Waals surface area contributed by atoms with E-state index in [1.165, 1.54) is 69.1 Å². The van der Waals surface area contributed by atoms with Crippen LogP contribution >= 0.6 is 0 Å². The zero-order valence-electron chi connectivity index (χ0n) is 20.2. The normalized spacial score (nSPS) is 27.4. The van der Waals surface area contributed by atoms with Crippen molar-refractivity contribution in [3.63, 3.8) is 0 Å². The number of carbonyl (C=O) groups excluding carboxylic acids is 1. The van der Waals surface area contributed by atoms with E-state index in [0.717, 1.165) is 24.3 Å². The number of methoxy groups -OCH3 is 1. The van der Waals surface area contributed by atoms with Gasteiger partial charge in [0.15, 0.2) is 0 Å². The number of anilines is 1. The number of para-hydroxylation sites is 2. The van der Waals surface area contributed by atoms with Crippen LogP contribution in [0.15, 0.2) is 53.4 Å². The lowest BCUT2D eigenvalue weighted by molar-refractivity contribution is -0.0629. The number of sulfonamides is 1. The molecular weight excluding hydrogens is 448 g/mol. The number of ether oxygens (including phenoxy) is 1. The van der Waals surface area contributed by atoms with Crippen molar-refractivity contribution in [3.05, 3.63) is 54.1 Å². The van der Waals surface area contributed by atoms with E-state index < -0.39 is 10.0 Å². The molecule has 1 amide bonds. The van der Waals surface area contributed by atoms with Crippen LogP contribution in [0.2, 0.25) is 0 Å². The Labute approximate surface area is 203 Å². The summed E-state index contributed by atoms with van der Waals surface area (Å²) in [6, 6.07) is 13.3. The number of hydrogen-bond donors (Lipinski definition) is 0. The van der Waals surface area contributed by atoms with Crippen molar-refractivity contribution in [2.75, 3.05) is 32.1 Å². The standard InChI is InChI=1S/C27H34N2O4S/c1-28(18-27-15-19-12-20(16-27)14-21(13-19)17-27)26(30)22-8-10-23(11-9-22)34(31,32)29(2)24-6-4-5-7-25(24)33-3/h4-11,19-21H,12-18H2,1-3H3. The van der Waals surface area contributed by atoms with Crippen molar-refractivity contribution in [3.8, 4) is 5.75 Å². The highest BCUT2D eigenvalue weighted by Crippen LogP contribution is 2.60. The lowest BCUT2D eigenvalue weighted by atomic mass is 9.49. The Morgan fingerprint density at radius 2 is 1.50 bits per heavy atom. The van der Waals surface area contributed by atoms with Crippen molar-refractivity contribution in [2.45, 2.75) is 43.4 Å². The summed E-state index contributed by atoms with van der Waals surface area (Å²) < 4.78 is 32.9. The van der Waals surface area contributed by atoms with E-state index in [1.54, 1.807) is 36.4 Å². The molecule has 6 nitrogen and oxygen atoms in total. The SMILES string of the molecule is COc1ccccc1N(C)S(=O)(=O)c1ccc(C(=O)N(C)CC23CC4CC(CC(C4)C2)C3)cc1. The fraction of sp³-hybridized carbons (Fsp3) is 0.519. The number of amides is 1. The first kappa shape index (κ1) is 23.2. The maximum absolute atomic E-state index is 13.2. The molecular formula is C27H34N2O4S. The third-order valence-electron chi connectivity index (χ3n) is 8.27. The summed E-state index contributed by atoms with van der Waals surface area (Å²) in [6.45, 7) is 0.798. The molecule has 0 radical (unpaired) electrons. The van der Waals surface area contributed by atoms with Gasteiger partial charge in [-0.05, 0) is 98.1 Å². The fourth-order valence-corrected chi connectivity index (χ4v) is 8.43. The third-order valence-corrected chi connectivity index (χ3v) is 10.1. The second-order valence-electron chi connectivity index (χ2n) is 10.7. The van der Waals surface area contributed by atoms with Gasteiger partial charge in [-0.2, -0.15) is 0 Å². The second kappa shape index (κ2) is 8.59. The van der Waals surface area contributed by atoms with Gasteiger partial charge in [0, 0.05) is 26.2 Å². The van der Waals surface area contributed by atoms with Gasteiger partial charge in [0.2, 0.25) is 0 Å². The summed E-state index contributed by atoms with van der Waals surface area (Å²) in [5.41, 5.74) is 1.26. The Kier molecular flexibility index (Phi) is 5.87. The minimum absolute atomic E-state index is 0.0437. The molecule has 0 aliphatic heterocycles. The van der Waals surface area contributed by atoms with Crippen LogP contribution in [-0.4, -0.2) is 47.0 Å². The molecule has 4 aliphatic carbocycles. The van der Waals surface area contributed by atoms with Gasteiger partial charge in [0.05, 0.1) is 17.7 Å². The lowest BCUT2D eigenvalue weighted by Gasteiger charge is -2.57. The fourth-order valence-electron chi connectivity index (χ4n) is 7.23. The monoisotopic (exact) mass is 482 g/mol. The van der Waals surface area contributed by atoms with Crippen molar-refractivity contribution >= 4 is 21.6 Å². The highest BCUT2D eigenvalue weighted by Gasteiger charge is 2.51. The van der Waals surface area contributed by atoms with Crippen LogP contribution in [-0.2, 0) is 10.0 Å². The Hall–Kier alpha value is -2.54. The largest absolute Gasteiger partial charge is 0.495 e. The van der Waals surface area contributed by atoms with E-state index in [2.05, 4.69) is 0 Å². The molecule has 0 atom stereocenters. The molecule has 4 saturated carbocycles. The van der Waals surface area contributed by atoms with Gasteiger partial charge < -0.3 is 9.64 Å². The summed E-state index contributed by atoms with van der Waals surface area (Å²) in [4.78, 5) is 15.2. The van der Waals surface area contributed by atoms with Crippen LogP contribution in [0, 0.1) is 23.2 Å². The summed E-state index contributed by atoms with van der Waals surface area (Å²) in [7, 11) is 1.11. The van der Waals surface area contributed by atoms with Crippen LogP contribution < -0.4 is 9.04 Å². The molecule has 34 heavy (non-hydrogen) atoms. The van der Waals surface area contributed by atoms with E-state index in [9.17, 15) is 13.2 Å². The number of nitrogens with zero attached hydrogens (tertiary/aromatic N) is 2. The molecule has 0 heterocycles. The van der Waals surface area contributed by atoms with Gasteiger partial charge in [-0.3, -0.25) is 9.10 Å². The third kappa shape index (κ3) is 4.08. The lowest BCUT2D eigenvalue weighted by Crippen LogP contribution is -2.51. The van der Waals surface area contributed by atoms with E-state index in [4.69, 9.17) is 4.74 Å². The molecule has 4 bridgehead atoms. The Bertz CT molecular complexity index is 1140. The zero-order valence-corrected chi connectivity index (χ0v) is 21.1. The maximum Gasteiger partial charge on any atom is 0.264 e. The smallest absolute Gasteiger partial charge is 0.264 e. The molecule has 0 unspecified atom stereocenters. The summed E-state index contributed by atoms with van der Waals surface area (Å²) in [5, 5.41) is 0. The number of benzene rings is 2. The molecule has 182 valence electrons. The molecule has 6 rings (SSSR count). The molecule has 4 aliphatic rings. The van der Waals surface area contributed by atoms with Crippen molar-refractivity contribution in [1.29, 1.82) is 0 Å². The van der Waals surface area contributed by atoms with Gasteiger partial charge in [-0.1, -0.05) is 12.1 Å². The summed E-state index contributed by atoms with van der Waals surface area (Å²) >= 11 is 0. The van der Waals surface area contributed by atoms with Gasteiger partial charge in [0.1, 0.15) is 5.75 Å². The van der Waals surface area contributed by atoms with E-state index in [-0.39, 0.29) is 16.2 Å². The molecule has 7 heteroatoms. The second-order valence-corrected chi connectivity index (χ2v) is 12.7. The van der Waals surface area contributed by atoms with E-state index in [1.807, 2.05) is 11.9 Å². The van der Waals surface area contributed by atoms with E-state index >= 15 is 0 Å². The first-order chi connectivity index (χ1) is 16.2. The van der Waals surface area contributed by atoms with Crippen molar-refractivity contribution in [2.24, 2.45) is 23.2 Å². The average molecular weight is 483 g/mol. The van der Waals surface area contributed by atoms with Gasteiger partial charge in [0.25, 0.3) is 15.9 Å². The van der Waals surface area contributed by atoms with Crippen LogP contribution in [0.1, 0.15) is 48.9 Å². The van der Waals surface area contributed by atoms with Crippen molar-refractivity contribution < 1.29 is 17.9 Å². The Morgan fingerprint density at radius 3 is 2.06 bits per heavy atom. The Morgan fingerprint density at radius 1 is 0.941 bits per heavy atom. The van der Waals surface area contributed by atoms with E-state index in [0.29, 0.717) is 17.0 Å². The average Bonchev–Trinajstić information content (AvgIpc) is 2.82. The molecule has 0 aromatic heterocycles. The van der Waals surface area contributed by atoms with Gasteiger partial charge in [-0.15, -0.1) is 0 Å². The molecule has 2 aromatic carbocycles. The molecule has 0 saturated heterocycles. The van der Waals surface area contributed by atoms with Crippen LogP contribution in [0.4, 0.5) is 5.69 Å². The molecule has 4 fully saturated rings. The molecule has 2 aromatic rings. The predicted molar refractivity (Wildman–Crippen MR) is 133 cm³/mol. The van der Waals surface area contributed by atoms with Crippen LogP contribution in [0.25, 0.3) is 0 Å². The Balaban J connectivity index is 1.30. The predicted octanol–water partition coefficient (Wildman–Crippen LogP) is 4.81. The zero-order chi connectivity index (χ0) is 24.1. The first-order valence-electron chi connectivity index (χ1n) is 12.2. The minimum atomic E-state index is -3.80. The summed E-state index contributed by atoms with van der Waals surface area (Å²) in [6.07, 6.45) is 7.91.